The van der Waals surface area contributed by atoms with E-state index >= 15 is 0 Å². The summed E-state index contributed by atoms with van der Waals surface area (Å²) in [6, 6.07) is 22.7. The molecule has 0 atom stereocenters. The lowest BCUT2D eigenvalue weighted by Gasteiger charge is -2.12. The SMILES string of the molecule is Cc1ccc(NC(=O)Cn2c(COc3ccccc3Cl)nc3ccccc32)cc1. The largest absolute Gasteiger partial charge is 0.484 e. The number of hydrogen-bond acceptors (Lipinski definition) is 3. The van der Waals surface area contributed by atoms with Crippen LogP contribution in [0.25, 0.3) is 11.0 Å². The third-order valence-electron chi connectivity index (χ3n) is 4.56. The number of para-hydroxylation sites is 3. The number of carbonyl (C=O) groups excluding carboxylic acids is 1. The van der Waals surface area contributed by atoms with Crippen molar-refractivity contribution in [3.05, 3.63) is 89.2 Å². The highest BCUT2D eigenvalue weighted by molar-refractivity contribution is 6.32. The van der Waals surface area contributed by atoms with Crippen molar-refractivity contribution in [3.63, 3.8) is 0 Å². The van der Waals surface area contributed by atoms with E-state index in [1.165, 1.54) is 0 Å². The third-order valence-corrected chi connectivity index (χ3v) is 4.88. The van der Waals surface area contributed by atoms with Crippen molar-refractivity contribution >= 4 is 34.2 Å². The van der Waals surface area contributed by atoms with E-state index in [0.29, 0.717) is 16.6 Å². The number of fused-ring (bicyclic) bond motifs is 1. The van der Waals surface area contributed by atoms with Gasteiger partial charge in [-0.05, 0) is 43.3 Å². The summed E-state index contributed by atoms with van der Waals surface area (Å²) in [7, 11) is 0. The van der Waals surface area contributed by atoms with Crippen LogP contribution in [-0.2, 0) is 17.9 Å². The Morgan fingerprint density at radius 3 is 2.55 bits per heavy atom. The molecule has 4 aromatic rings. The van der Waals surface area contributed by atoms with Crippen LogP contribution in [0.2, 0.25) is 5.02 Å². The number of carbonyl (C=O) groups is 1. The van der Waals surface area contributed by atoms with Gasteiger partial charge in [-0.15, -0.1) is 0 Å². The number of aryl methyl sites for hydroxylation is 1. The van der Waals surface area contributed by atoms with Crippen LogP contribution in [0.1, 0.15) is 11.4 Å². The Labute approximate surface area is 173 Å². The minimum Gasteiger partial charge on any atom is -0.484 e. The zero-order valence-electron chi connectivity index (χ0n) is 15.9. The van der Waals surface area contributed by atoms with E-state index in [0.717, 1.165) is 22.3 Å². The Kier molecular flexibility index (Phi) is 5.49. The normalized spacial score (nSPS) is 10.8. The molecule has 5 nitrogen and oxygen atoms in total. The maximum absolute atomic E-state index is 12.7. The lowest BCUT2D eigenvalue weighted by atomic mass is 10.2. The zero-order chi connectivity index (χ0) is 20.2. The Morgan fingerprint density at radius 1 is 1.03 bits per heavy atom. The monoisotopic (exact) mass is 405 g/mol. The average molecular weight is 406 g/mol. The number of nitrogens with one attached hydrogen (secondary N) is 1. The van der Waals surface area contributed by atoms with E-state index in [-0.39, 0.29) is 19.1 Å². The average Bonchev–Trinajstić information content (AvgIpc) is 3.06. The molecule has 0 saturated heterocycles. The quantitative estimate of drug-likeness (QED) is 0.478. The molecule has 146 valence electrons. The van der Waals surface area contributed by atoms with Gasteiger partial charge in [0.05, 0.1) is 16.1 Å². The predicted octanol–water partition coefficient (Wildman–Crippen LogP) is 5.22. The lowest BCUT2D eigenvalue weighted by Crippen LogP contribution is -2.20. The van der Waals surface area contributed by atoms with Crippen molar-refractivity contribution in [1.29, 1.82) is 0 Å². The molecule has 0 bridgehead atoms. The summed E-state index contributed by atoms with van der Waals surface area (Å²) >= 11 is 6.18. The van der Waals surface area contributed by atoms with Gasteiger partial charge in [0, 0.05) is 5.69 Å². The van der Waals surface area contributed by atoms with Crippen LogP contribution in [-0.4, -0.2) is 15.5 Å². The van der Waals surface area contributed by atoms with E-state index in [1.807, 2.05) is 72.2 Å². The molecule has 0 fully saturated rings. The summed E-state index contributed by atoms with van der Waals surface area (Å²) in [4.78, 5) is 17.3. The lowest BCUT2D eigenvalue weighted by molar-refractivity contribution is -0.116. The molecule has 0 spiro atoms. The van der Waals surface area contributed by atoms with Crippen molar-refractivity contribution in [2.75, 3.05) is 5.32 Å². The van der Waals surface area contributed by atoms with Crippen molar-refractivity contribution in [3.8, 4) is 5.75 Å². The fourth-order valence-electron chi connectivity index (χ4n) is 3.10. The van der Waals surface area contributed by atoms with Gasteiger partial charge in [0.25, 0.3) is 0 Å². The molecule has 1 N–H and O–H groups in total. The van der Waals surface area contributed by atoms with E-state index in [2.05, 4.69) is 10.3 Å². The summed E-state index contributed by atoms with van der Waals surface area (Å²) in [5.41, 5.74) is 3.60. The van der Waals surface area contributed by atoms with Crippen LogP contribution in [0.15, 0.2) is 72.8 Å². The molecule has 1 aromatic heterocycles. The fraction of sp³-hybridized carbons (Fsp3) is 0.130. The number of nitrogens with zero attached hydrogens (tertiary/aromatic N) is 2. The van der Waals surface area contributed by atoms with Gasteiger partial charge in [0.15, 0.2) is 0 Å². The first kappa shape index (κ1) is 19.0. The maximum atomic E-state index is 12.7. The number of aromatic nitrogens is 2. The second-order valence-corrected chi connectivity index (χ2v) is 7.14. The highest BCUT2D eigenvalue weighted by Gasteiger charge is 2.15. The first-order chi connectivity index (χ1) is 14.1. The van der Waals surface area contributed by atoms with Gasteiger partial charge in [-0.2, -0.15) is 0 Å². The summed E-state index contributed by atoms with van der Waals surface area (Å²) in [5, 5.41) is 3.47. The number of hydrogen-bond donors (Lipinski definition) is 1. The Balaban J connectivity index is 1.57. The van der Waals surface area contributed by atoms with Gasteiger partial charge in [0.1, 0.15) is 24.7 Å². The number of rotatable bonds is 6. The summed E-state index contributed by atoms with van der Waals surface area (Å²) < 4.78 is 7.73. The fourth-order valence-corrected chi connectivity index (χ4v) is 3.29. The first-order valence-corrected chi connectivity index (χ1v) is 9.66. The van der Waals surface area contributed by atoms with E-state index in [9.17, 15) is 4.79 Å². The Bertz CT molecular complexity index is 1150. The molecular formula is C23H20ClN3O2. The molecule has 6 heteroatoms. The highest BCUT2D eigenvalue weighted by Crippen LogP contribution is 2.25. The topological polar surface area (TPSA) is 56.2 Å². The zero-order valence-corrected chi connectivity index (χ0v) is 16.7. The molecule has 1 heterocycles. The molecule has 0 radical (unpaired) electrons. The van der Waals surface area contributed by atoms with Gasteiger partial charge >= 0.3 is 0 Å². The minimum absolute atomic E-state index is 0.129. The van der Waals surface area contributed by atoms with Gasteiger partial charge in [-0.1, -0.05) is 53.6 Å². The molecule has 0 unspecified atom stereocenters. The molecule has 0 aliphatic carbocycles. The highest BCUT2D eigenvalue weighted by atomic mass is 35.5. The summed E-state index contributed by atoms with van der Waals surface area (Å²) in [6.07, 6.45) is 0. The van der Waals surface area contributed by atoms with E-state index in [4.69, 9.17) is 16.3 Å². The van der Waals surface area contributed by atoms with Gasteiger partial charge in [0.2, 0.25) is 5.91 Å². The van der Waals surface area contributed by atoms with Crippen LogP contribution in [0.5, 0.6) is 5.75 Å². The maximum Gasteiger partial charge on any atom is 0.244 e. The smallest absolute Gasteiger partial charge is 0.244 e. The standard InChI is InChI=1S/C23H20ClN3O2/c1-16-10-12-17(13-11-16)25-23(28)14-27-20-8-4-3-7-19(20)26-22(27)15-29-21-9-5-2-6-18(21)24/h2-13H,14-15H2,1H3,(H,25,28). The number of anilines is 1. The minimum atomic E-state index is -0.129. The number of halogens is 1. The second-order valence-electron chi connectivity index (χ2n) is 6.74. The van der Waals surface area contributed by atoms with Crippen molar-refractivity contribution in [2.45, 2.75) is 20.1 Å². The molecular weight excluding hydrogens is 386 g/mol. The molecule has 0 aliphatic rings. The summed E-state index contributed by atoms with van der Waals surface area (Å²) in [6.45, 7) is 2.35. The van der Waals surface area contributed by atoms with Crippen LogP contribution in [0, 0.1) is 6.92 Å². The first-order valence-electron chi connectivity index (χ1n) is 9.28. The van der Waals surface area contributed by atoms with Gasteiger partial charge in [-0.25, -0.2) is 4.98 Å². The van der Waals surface area contributed by atoms with E-state index in [1.54, 1.807) is 12.1 Å². The van der Waals surface area contributed by atoms with Crippen molar-refractivity contribution in [2.24, 2.45) is 0 Å². The van der Waals surface area contributed by atoms with Crippen LogP contribution in [0.3, 0.4) is 0 Å². The van der Waals surface area contributed by atoms with E-state index < -0.39 is 0 Å². The van der Waals surface area contributed by atoms with Gasteiger partial charge < -0.3 is 14.6 Å². The van der Waals surface area contributed by atoms with Gasteiger partial charge in [-0.3, -0.25) is 4.79 Å². The summed E-state index contributed by atoms with van der Waals surface area (Å²) in [5.74, 6) is 1.11. The van der Waals surface area contributed by atoms with Crippen molar-refractivity contribution in [1.82, 2.24) is 9.55 Å². The second kappa shape index (κ2) is 8.37. The number of benzene rings is 3. The van der Waals surface area contributed by atoms with Crippen LogP contribution in [0.4, 0.5) is 5.69 Å². The third kappa shape index (κ3) is 4.41. The molecule has 3 aromatic carbocycles. The molecule has 29 heavy (non-hydrogen) atoms. The molecule has 0 saturated carbocycles. The molecule has 0 aliphatic heterocycles. The predicted molar refractivity (Wildman–Crippen MR) is 115 cm³/mol. The Hall–Kier alpha value is -3.31. The molecule has 4 rings (SSSR count). The number of amides is 1. The molecule has 1 amide bonds. The number of ether oxygens (including phenoxy) is 1. The number of imidazole rings is 1. The van der Waals surface area contributed by atoms with Crippen LogP contribution >= 0.6 is 11.6 Å². The van der Waals surface area contributed by atoms with Crippen molar-refractivity contribution < 1.29 is 9.53 Å². The Morgan fingerprint density at radius 2 is 1.76 bits per heavy atom. The van der Waals surface area contributed by atoms with Crippen LogP contribution < -0.4 is 10.1 Å².